The monoisotopic (exact) mass is 327 g/mol. The van der Waals surface area contributed by atoms with Crippen molar-refractivity contribution in [3.05, 3.63) is 18.1 Å². The van der Waals surface area contributed by atoms with E-state index >= 15 is 0 Å². The molecule has 0 bridgehead atoms. The third-order valence-corrected chi connectivity index (χ3v) is 4.51. The molecule has 0 radical (unpaired) electrons. The van der Waals surface area contributed by atoms with Gasteiger partial charge in [-0.2, -0.15) is 27.8 Å². The van der Waals surface area contributed by atoms with E-state index in [1.54, 1.807) is 0 Å². The molecule has 124 valence electrons. The summed E-state index contributed by atoms with van der Waals surface area (Å²) < 4.78 is 46.7. The minimum atomic E-state index is -4.51. The largest absolute Gasteiger partial charge is 0.433 e. The molecule has 3 heterocycles. The van der Waals surface area contributed by atoms with Crippen LogP contribution in [-0.4, -0.2) is 44.9 Å². The lowest BCUT2D eigenvalue weighted by Crippen LogP contribution is -2.41. The van der Waals surface area contributed by atoms with Crippen molar-refractivity contribution in [2.75, 3.05) is 18.1 Å². The van der Waals surface area contributed by atoms with E-state index < -0.39 is 11.9 Å². The van der Waals surface area contributed by atoms with E-state index in [4.69, 9.17) is 4.74 Å². The summed E-state index contributed by atoms with van der Waals surface area (Å²) in [6.07, 6.45) is 0.421. The normalized spacial score (nSPS) is 25.6. The molecule has 1 aliphatic carbocycles. The van der Waals surface area contributed by atoms with Crippen molar-refractivity contribution in [3.63, 3.8) is 0 Å². The minimum Gasteiger partial charge on any atom is -0.376 e. The van der Waals surface area contributed by atoms with Crippen LogP contribution in [-0.2, 0) is 10.9 Å². The van der Waals surface area contributed by atoms with Crippen LogP contribution in [0.1, 0.15) is 31.4 Å². The Hall–Kier alpha value is -1.90. The average Bonchev–Trinajstić information content (AvgIpc) is 3.11. The van der Waals surface area contributed by atoms with Gasteiger partial charge in [0, 0.05) is 19.2 Å². The van der Waals surface area contributed by atoms with E-state index in [1.807, 2.05) is 4.90 Å². The molecule has 4 rings (SSSR count). The number of halogens is 3. The second-order valence-electron chi connectivity index (χ2n) is 5.92. The van der Waals surface area contributed by atoms with Crippen LogP contribution in [0, 0.1) is 0 Å². The summed E-state index contributed by atoms with van der Waals surface area (Å²) in [4.78, 5) is 9.41. The van der Waals surface area contributed by atoms with E-state index in [0.717, 1.165) is 31.7 Å². The van der Waals surface area contributed by atoms with E-state index in [1.165, 1.54) is 10.8 Å². The van der Waals surface area contributed by atoms with Gasteiger partial charge in [0.25, 0.3) is 5.78 Å². The average molecular weight is 327 g/mol. The lowest BCUT2D eigenvalue weighted by Gasteiger charge is -2.32. The first-order valence-electron chi connectivity index (χ1n) is 7.70. The van der Waals surface area contributed by atoms with E-state index in [0.29, 0.717) is 19.0 Å². The summed E-state index contributed by atoms with van der Waals surface area (Å²) in [6, 6.07) is 1.15. The Morgan fingerprint density at radius 3 is 2.91 bits per heavy atom. The zero-order valence-electron chi connectivity index (χ0n) is 12.3. The summed E-state index contributed by atoms with van der Waals surface area (Å²) in [6.45, 7) is 1.27. The van der Waals surface area contributed by atoms with Crippen molar-refractivity contribution >= 4 is 11.6 Å². The molecule has 23 heavy (non-hydrogen) atoms. The SMILES string of the molecule is FC(F)(F)c1cc(N2CCCOC3CCCC32)n2ncnc2n1. The van der Waals surface area contributed by atoms with Crippen molar-refractivity contribution in [1.29, 1.82) is 0 Å². The first kappa shape index (κ1) is 14.7. The lowest BCUT2D eigenvalue weighted by atomic mass is 10.1. The number of anilines is 1. The zero-order chi connectivity index (χ0) is 16.0. The predicted molar refractivity (Wildman–Crippen MR) is 75.1 cm³/mol. The lowest BCUT2D eigenvalue weighted by molar-refractivity contribution is -0.141. The number of nitrogens with zero attached hydrogens (tertiary/aromatic N) is 5. The molecule has 0 amide bonds. The molecule has 0 spiro atoms. The Labute approximate surface area is 130 Å². The van der Waals surface area contributed by atoms with Crippen LogP contribution in [0.2, 0.25) is 0 Å². The summed E-state index contributed by atoms with van der Waals surface area (Å²) in [7, 11) is 0. The van der Waals surface area contributed by atoms with E-state index in [-0.39, 0.29) is 17.9 Å². The summed E-state index contributed by atoms with van der Waals surface area (Å²) in [5.74, 6) is 0.358. The molecule has 0 aromatic carbocycles. The van der Waals surface area contributed by atoms with Crippen LogP contribution in [0.15, 0.2) is 12.4 Å². The molecular weight excluding hydrogens is 311 g/mol. The predicted octanol–water partition coefficient (Wildman–Crippen LogP) is 2.29. The number of ether oxygens (including phenoxy) is 1. The molecule has 1 saturated heterocycles. The maximum atomic E-state index is 13.2. The van der Waals surface area contributed by atoms with E-state index in [2.05, 4.69) is 15.1 Å². The van der Waals surface area contributed by atoms with Crippen LogP contribution in [0.5, 0.6) is 0 Å². The second-order valence-corrected chi connectivity index (χ2v) is 5.92. The molecule has 1 saturated carbocycles. The highest BCUT2D eigenvalue weighted by molar-refractivity contribution is 5.49. The number of hydrogen-bond acceptors (Lipinski definition) is 5. The Kier molecular flexibility index (Phi) is 3.40. The summed E-state index contributed by atoms with van der Waals surface area (Å²) in [5, 5.41) is 4.06. The highest BCUT2D eigenvalue weighted by Crippen LogP contribution is 2.35. The highest BCUT2D eigenvalue weighted by atomic mass is 19.4. The number of aromatic nitrogens is 4. The van der Waals surface area contributed by atoms with Gasteiger partial charge in [-0.1, -0.05) is 0 Å². The maximum Gasteiger partial charge on any atom is 0.433 e. The van der Waals surface area contributed by atoms with Crippen LogP contribution in [0.25, 0.3) is 5.78 Å². The van der Waals surface area contributed by atoms with Crippen molar-refractivity contribution in [1.82, 2.24) is 19.6 Å². The molecule has 2 aromatic rings. The molecule has 2 atom stereocenters. The first-order chi connectivity index (χ1) is 11.0. The third kappa shape index (κ3) is 2.52. The van der Waals surface area contributed by atoms with Gasteiger partial charge in [0.05, 0.1) is 12.1 Å². The number of rotatable bonds is 1. The van der Waals surface area contributed by atoms with Crippen molar-refractivity contribution in [3.8, 4) is 0 Å². The molecule has 2 fully saturated rings. The first-order valence-corrected chi connectivity index (χ1v) is 7.70. The van der Waals surface area contributed by atoms with Gasteiger partial charge in [0.1, 0.15) is 12.1 Å². The van der Waals surface area contributed by atoms with Gasteiger partial charge in [-0.3, -0.25) is 0 Å². The fourth-order valence-corrected chi connectivity index (χ4v) is 3.52. The quantitative estimate of drug-likeness (QED) is 0.804. The third-order valence-electron chi connectivity index (χ3n) is 4.51. The Morgan fingerprint density at radius 1 is 1.22 bits per heavy atom. The molecule has 6 nitrogen and oxygen atoms in total. The van der Waals surface area contributed by atoms with Gasteiger partial charge in [-0.05, 0) is 25.7 Å². The highest BCUT2D eigenvalue weighted by Gasteiger charge is 2.38. The topological polar surface area (TPSA) is 55.6 Å². The maximum absolute atomic E-state index is 13.2. The fraction of sp³-hybridized carbons (Fsp3) is 0.643. The number of alkyl halides is 3. The van der Waals surface area contributed by atoms with Crippen LogP contribution in [0.3, 0.4) is 0 Å². The van der Waals surface area contributed by atoms with Gasteiger partial charge in [-0.25, -0.2) is 4.98 Å². The zero-order valence-corrected chi connectivity index (χ0v) is 12.3. The molecule has 2 aliphatic rings. The van der Waals surface area contributed by atoms with Gasteiger partial charge in [0.2, 0.25) is 0 Å². The second kappa shape index (κ2) is 5.33. The number of fused-ring (bicyclic) bond motifs is 2. The Balaban J connectivity index is 1.84. The summed E-state index contributed by atoms with van der Waals surface area (Å²) >= 11 is 0. The fourth-order valence-electron chi connectivity index (χ4n) is 3.52. The minimum absolute atomic E-state index is 0.0328. The van der Waals surface area contributed by atoms with E-state index in [9.17, 15) is 13.2 Å². The van der Waals surface area contributed by atoms with Crippen LogP contribution in [0.4, 0.5) is 19.0 Å². The molecular formula is C14H16F3N5O. The van der Waals surface area contributed by atoms with Gasteiger partial charge >= 0.3 is 6.18 Å². The van der Waals surface area contributed by atoms with Crippen LogP contribution < -0.4 is 4.90 Å². The van der Waals surface area contributed by atoms with Gasteiger partial charge in [-0.15, -0.1) is 0 Å². The molecule has 0 N–H and O–H groups in total. The standard InChI is InChI=1S/C14H16F3N5O/c15-14(16,17)11-7-12(22-13(20-11)18-8-19-22)21-5-2-6-23-10-4-1-3-9(10)21/h7-10H,1-6H2. The van der Waals surface area contributed by atoms with Gasteiger partial charge < -0.3 is 9.64 Å². The molecule has 2 aromatic heterocycles. The van der Waals surface area contributed by atoms with Gasteiger partial charge in [0.15, 0.2) is 5.69 Å². The Morgan fingerprint density at radius 2 is 2.09 bits per heavy atom. The van der Waals surface area contributed by atoms with Crippen molar-refractivity contribution in [2.45, 2.75) is 44.0 Å². The van der Waals surface area contributed by atoms with Crippen molar-refractivity contribution < 1.29 is 17.9 Å². The smallest absolute Gasteiger partial charge is 0.376 e. The Bertz CT molecular complexity index is 716. The molecule has 2 unspecified atom stereocenters. The number of hydrogen-bond donors (Lipinski definition) is 0. The molecule has 9 heteroatoms. The van der Waals surface area contributed by atoms with Crippen LogP contribution >= 0.6 is 0 Å². The van der Waals surface area contributed by atoms with Crippen molar-refractivity contribution in [2.24, 2.45) is 0 Å². The summed E-state index contributed by atoms with van der Waals surface area (Å²) in [5.41, 5.74) is -0.937. The molecule has 1 aliphatic heterocycles.